The van der Waals surface area contributed by atoms with Gasteiger partial charge in [-0.2, -0.15) is 0 Å². The molecule has 1 atom stereocenters. The van der Waals surface area contributed by atoms with E-state index in [0.29, 0.717) is 5.69 Å². The van der Waals surface area contributed by atoms with Crippen molar-refractivity contribution in [2.45, 2.75) is 25.9 Å². The first-order valence-electron chi connectivity index (χ1n) is 9.69. The first-order chi connectivity index (χ1) is 14.1. The van der Waals surface area contributed by atoms with Crippen LogP contribution in [0, 0.1) is 0 Å². The van der Waals surface area contributed by atoms with Gasteiger partial charge in [-0.1, -0.05) is 30.3 Å². The van der Waals surface area contributed by atoms with E-state index in [9.17, 15) is 9.59 Å². The van der Waals surface area contributed by atoms with Crippen LogP contribution in [0.4, 0.5) is 11.5 Å². The molecule has 1 fully saturated rings. The monoisotopic (exact) mass is 390 g/mol. The molecule has 148 valence electrons. The zero-order valence-electron chi connectivity index (χ0n) is 16.2. The summed E-state index contributed by atoms with van der Waals surface area (Å²) in [5.41, 5.74) is 0.727. The molecule has 29 heavy (non-hydrogen) atoms. The summed E-state index contributed by atoms with van der Waals surface area (Å²) >= 11 is 0. The summed E-state index contributed by atoms with van der Waals surface area (Å²) < 4.78 is 5.26. The number of hydrogen-bond donors (Lipinski definition) is 1. The van der Waals surface area contributed by atoms with Gasteiger partial charge in [0.2, 0.25) is 0 Å². The van der Waals surface area contributed by atoms with Crippen molar-refractivity contribution in [3.8, 4) is 0 Å². The van der Waals surface area contributed by atoms with Crippen LogP contribution >= 0.6 is 0 Å². The predicted molar refractivity (Wildman–Crippen MR) is 111 cm³/mol. The molecule has 0 saturated carbocycles. The van der Waals surface area contributed by atoms with E-state index < -0.39 is 18.0 Å². The second-order valence-corrected chi connectivity index (χ2v) is 7.07. The molecule has 1 amide bonds. The maximum absolute atomic E-state index is 12.4. The van der Waals surface area contributed by atoms with Gasteiger partial charge < -0.3 is 15.0 Å². The topological polar surface area (TPSA) is 84.4 Å². The molecule has 2 heterocycles. The number of carbonyl (C=O) groups excluding carboxylic acids is 2. The van der Waals surface area contributed by atoms with E-state index in [-0.39, 0.29) is 5.69 Å². The lowest BCUT2D eigenvalue weighted by molar-refractivity contribution is -0.123. The van der Waals surface area contributed by atoms with E-state index in [1.54, 1.807) is 12.1 Å². The van der Waals surface area contributed by atoms with Crippen LogP contribution in [-0.2, 0) is 9.53 Å². The van der Waals surface area contributed by atoms with Gasteiger partial charge in [-0.15, -0.1) is 10.2 Å². The molecule has 4 rings (SSSR count). The molecule has 0 spiro atoms. The van der Waals surface area contributed by atoms with Gasteiger partial charge in [0.15, 0.2) is 17.6 Å². The number of amides is 1. The first kappa shape index (κ1) is 18.9. The van der Waals surface area contributed by atoms with E-state index in [0.717, 1.165) is 42.5 Å². The van der Waals surface area contributed by atoms with Gasteiger partial charge in [0.1, 0.15) is 0 Å². The predicted octanol–water partition coefficient (Wildman–Crippen LogP) is 3.41. The summed E-state index contributed by atoms with van der Waals surface area (Å²) in [5, 5.41) is 12.9. The fourth-order valence-electron chi connectivity index (χ4n) is 3.33. The van der Waals surface area contributed by atoms with Gasteiger partial charge in [-0.25, -0.2) is 4.79 Å². The molecule has 1 aliphatic rings. The zero-order valence-corrected chi connectivity index (χ0v) is 16.2. The zero-order chi connectivity index (χ0) is 20.2. The summed E-state index contributed by atoms with van der Waals surface area (Å²) in [7, 11) is 0. The SMILES string of the molecule is CC(OC(=O)c1ccc(N2CCCC2)nn1)C(=O)Nc1ccc2ccccc2c1. The van der Waals surface area contributed by atoms with Crippen molar-refractivity contribution in [2.24, 2.45) is 0 Å². The second-order valence-electron chi connectivity index (χ2n) is 7.07. The Balaban J connectivity index is 1.36. The number of benzene rings is 2. The van der Waals surface area contributed by atoms with E-state index in [1.807, 2.05) is 42.5 Å². The Morgan fingerprint density at radius 3 is 2.48 bits per heavy atom. The molecule has 0 radical (unpaired) electrons. The highest BCUT2D eigenvalue weighted by Crippen LogP contribution is 2.19. The number of ether oxygens (including phenoxy) is 1. The molecule has 1 aliphatic heterocycles. The fraction of sp³-hybridized carbons (Fsp3) is 0.273. The quantitative estimate of drug-likeness (QED) is 0.672. The van der Waals surface area contributed by atoms with E-state index in [1.165, 1.54) is 6.92 Å². The number of carbonyl (C=O) groups is 2. The van der Waals surface area contributed by atoms with Crippen molar-refractivity contribution in [1.82, 2.24) is 10.2 Å². The van der Waals surface area contributed by atoms with Crippen LogP contribution in [0.5, 0.6) is 0 Å². The average molecular weight is 390 g/mol. The molecule has 0 bridgehead atoms. The Hall–Kier alpha value is -3.48. The minimum Gasteiger partial charge on any atom is -0.448 e. The summed E-state index contributed by atoms with van der Waals surface area (Å²) in [6, 6.07) is 16.8. The average Bonchev–Trinajstić information content (AvgIpc) is 3.28. The molecule has 1 unspecified atom stereocenters. The number of anilines is 2. The standard InChI is InChI=1S/C22H22N4O3/c1-15(21(27)23-18-9-8-16-6-2-3-7-17(16)14-18)29-22(28)19-10-11-20(25-24-19)26-12-4-5-13-26/h2-3,6-11,14-15H,4-5,12-13H2,1H3,(H,23,27). The molecule has 7 heteroatoms. The summed E-state index contributed by atoms with van der Waals surface area (Å²) in [6.07, 6.45) is 1.30. The number of hydrogen-bond acceptors (Lipinski definition) is 6. The van der Waals surface area contributed by atoms with Crippen LogP contribution in [0.15, 0.2) is 54.6 Å². The molecular formula is C22H22N4O3. The van der Waals surface area contributed by atoms with Crippen LogP contribution in [-0.4, -0.2) is 41.3 Å². The molecule has 3 aromatic rings. The van der Waals surface area contributed by atoms with E-state index in [4.69, 9.17) is 4.74 Å². The molecular weight excluding hydrogens is 368 g/mol. The van der Waals surface area contributed by atoms with E-state index in [2.05, 4.69) is 20.4 Å². The molecule has 2 aromatic carbocycles. The van der Waals surface area contributed by atoms with Crippen molar-refractivity contribution in [1.29, 1.82) is 0 Å². The Kier molecular flexibility index (Phi) is 5.37. The van der Waals surface area contributed by atoms with Crippen LogP contribution in [0.25, 0.3) is 10.8 Å². The highest BCUT2D eigenvalue weighted by Gasteiger charge is 2.21. The van der Waals surface area contributed by atoms with Gasteiger partial charge in [-0.3, -0.25) is 4.79 Å². The first-order valence-corrected chi connectivity index (χ1v) is 9.69. The summed E-state index contributed by atoms with van der Waals surface area (Å²) in [6.45, 7) is 3.43. The third-order valence-electron chi connectivity index (χ3n) is 4.96. The smallest absolute Gasteiger partial charge is 0.359 e. The van der Waals surface area contributed by atoms with Crippen LogP contribution < -0.4 is 10.2 Å². The van der Waals surface area contributed by atoms with Crippen molar-refractivity contribution in [3.05, 3.63) is 60.3 Å². The molecule has 0 aliphatic carbocycles. The lowest BCUT2D eigenvalue weighted by Crippen LogP contribution is -2.30. The number of esters is 1. The summed E-state index contributed by atoms with van der Waals surface area (Å²) in [5.74, 6) is -0.331. The van der Waals surface area contributed by atoms with Gasteiger partial charge in [0.25, 0.3) is 5.91 Å². The lowest BCUT2D eigenvalue weighted by atomic mass is 10.1. The minimum absolute atomic E-state index is 0.0818. The van der Waals surface area contributed by atoms with Crippen molar-refractivity contribution >= 4 is 34.2 Å². The third-order valence-corrected chi connectivity index (χ3v) is 4.96. The molecule has 1 aromatic heterocycles. The Labute approximate surface area is 168 Å². The minimum atomic E-state index is -0.964. The Bertz CT molecular complexity index is 1030. The van der Waals surface area contributed by atoms with Crippen molar-refractivity contribution in [3.63, 3.8) is 0 Å². The highest BCUT2D eigenvalue weighted by atomic mass is 16.5. The molecule has 1 saturated heterocycles. The number of fused-ring (bicyclic) bond motifs is 1. The van der Waals surface area contributed by atoms with Crippen LogP contribution in [0.3, 0.4) is 0 Å². The number of aromatic nitrogens is 2. The highest BCUT2D eigenvalue weighted by molar-refractivity contribution is 5.98. The summed E-state index contributed by atoms with van der Waals surface area (Å²) in [4.78, 5) is 26.8. The maximum atomic E-state index is 12.4. The Morgan fingerprint density at radius 1 is 1.00 bits per heavy atom. The van der Waals surface area contributed by atoms with Crippen molar-refractivity contribution < 1.29 is 14.3 Å². The number of nitrogens with zero attached hydrogens (tertiary/aromatic N) is 3. The molecule has 7 nitrogen and oxygen atoms in total. The van der Waals surface area contributed by atoms with Crippen LogP contribution in [0.2, 0.25) is 0 Å². The molecule has 1 N–H and O–H groups in total. The normalized spacial score (nSPS) is 14.6. The van der Waals surface area contributed by atoms with Gasteiger partial charge >= 0.3 is 5.97 Å². The van der Waals surface area contributed by atoms with Crippen molar-refractivity contribution in [2.75, 3.05) is 23.3 Å². The number of nitrogens with one attached hydrogen (secondary N) is 1. The van der Waals surface area contributed by atoms with E-state index >= 15 is 0 Å². The largest absolute Gasteiger partial charge is 0.448 e. The van der Waals surface area contributed by atoms with Gasteiger partial charge in [-0.05, 0) is 54.8 Å². The fourth-order valence-corrected chi connectivity index (χ4v) is 3.33. The maximum Gasteiger partial charge on any atom is 0.359 e. The number of rotatable bonds is 5. The van der Waals surface area contributed by atoms with Gasteiger partial charge in [0.05, 0.1) is 0 Å². The second kappa shape index (κ2) is 8.26. The Morgan fingerprint density at radius 2 is 1.76 bits per heavy atom. The third kappa shape index (κ3) is 4.34. The lowest BCUT2D eigenvalue weighted by Gasteiger charge is -2.16. The van der Waals surface area contributed by atoms with Gasteiger partial charge in [0, 0.05) is 18.8 Å². The van der Waals surface area contributed by atoms with Crippen LogP contribution in [0.1, 0.15) is 30.3 Å².